The predicted octanol–water partition coefficient (Wildman–Crippen LogP) is 1.23. The van der Waals surface area contributed by atoms with Crippen LogP contribution in [0.2, 0.25) is 0 Å². The van der Waals surface area contributed by atoms with Gasteiger partial charge in [0.15, 0.2) is 11.5 Å². The van der Waals surface area contributed by atoms with Gasteiger partial charge in [-0.1, -0.05) is 0 Å². The van der Waals surface area contributed by atoms with E-state index in [9.17, 15) is 4.79 Å². The molecular formula is C16H17N5O3. The third-order valence-electron chi connectivity index (χ3n) is 4.06. The van der Waals surface area contributed by atoms with Gasteiger partial charge in [0, 0.05) is 44.1 Å². The van der Waals surface area contributed by atoms with Crippen LogP contribution in [0, 0.1) is 0 Å². The lowest BCUT2D eigenvalue weighted by atomic mass is 10.3. The number of benzene rings is 1. The van der Waals surface area contributed by atoms with E-state index in [-0.39, 0.29) is 6.79 Å². The Morgan fingerprint density at radius 1 is 1.08 bits per heavy atom. The fourth-order valence-electron chi connectivity index (χ4n) is 2.75. The van der Waals surface area contributed by atoms with Crippen molar-refractivity contribution in [1.82, 2.24) is 14.9 Å². The lowest BCUT2D eigenvalue weighted by Gasteiger charge is -2.33. The highest BCUT2D eigenvalue weighted by molar-refractivity contribution is 5.61. The number of fused-ring (bicyclic) bond motifs is 1. The lowest BCUT2D eigenvalue weighted by molar-refractivity contribution is -0.118. The van der Waals surface area contributed by atoms with Crippen LogP contribution in [0.5, 0.6) is 11.5 Å². The number of anilines is 3. The van der Waals surface area contributed by atoms with Gasteiger partial charge in [-0.05, 0) is 18.2 Å². The van der Waals surface area contributed by atoms with Crippen LogP contribution in [-0.2, 0) is 4.79 Å². The molecule has 0 bridgehead atoms. The second kappa shape index (κ2) is 6.23. The molecule has 8 heteroatoms. The molecule has 3 heterocycles. The van der Waals surface area contributed by atoms with Crippen molar-refractivity contribution in [2.75, 3.05) is 43.2 Å². The summed E-state index contributed by atoms with van der Waals surface area (Å²) >= 11 is 0. The third-order valence-corrected chi connectivity index (χ3v) is 4.06. The zero-order valence-electron chi connectivity index (χ0n) is 13.0. The molecule has 2 aromatic rings. The molecule has 24 heavy (non-hydrogen) atoms. The Balaban J connectivity index is 1.48. The molecular weight excluding hydrogens is 310 g/mol. The van der Waals surface area contributed by atoms with Gasteiger partial charge in [-0.15, -0.1) is 0 Å². The number of carbonyl (C=O) groups is 1. The Hall–Kier alpha value is -3.03. The quantitative estimate of drug-likeness (QED) is 0.846. The summed E-state index contributed by atoms with van der Waals surface area (Å²) in [5.74, 6) is 2.81. The summed E-state index contributed by atoms with van der Waals surface area (Å²) in [5.41, 5.74) is 0.835. The number of hydrogen-bond donors (Lipinski definition) is 1. The number of nitrogens with zero attached hydrogens (tertiary/aromatic N) is 4. The minimum absolute atomic E-state index is 0.248. The normalized spacial score (nSPS) is 16.2. The maximum Gasteiger partial charge on any atom is 0.231 e. The van der Waals surface area contributed by atoms with E-state index in [0.717, 1.165) is 36.8 Å². The van der Waals surface area contributed by atoms with Crippen LogP contribution in [0.1, 0.15) is 0 Å². The van der Waals surface area contributed by atoms with E-state index in [2.05, 4.69) is 20.2 Å². The average Bonchev–Trinajstić information content (AvgIpc) is 3.10. The van der Waals surface area contributed by atoms with Crippen LogP contribution in [0.4, 0.5) is 17.5 Å². The molecule has 124 valence electrons. The van der Waals surface area contributed by atoms with E-state index in [0.29, 0.717) is 24.8 Å². The molecule has 0 saturated carbocycles. The Labute approximate surface area is 139 Å². The van der Waals surface area contributed by atoms with Gasteiger partial charge in [0.1, 0.15) is 5.82 Å². The van der Waals surface area contributed by atoms with Crippen molar-refractivity contribution in [1.29, 1.82) is 0 Å². The molecule has 1 aromatic carbocycles. The van der Waals surface area contributed by atoms with Gasteiger partial charge in [-0.2, -0.15) is 4.98 Å². The Morgan fingerprint density at radius 3 is 2.75 bits per heavy atom. The van der Waals surface area contributed by atoms with Crippen molar-refractivity contribution in [3.63, 3.8) is 0 Å². The highest BCUT2D eigenvalue weighted by Gasteiger charge is 2.17. The summed E-state index contributed by atoms with van der Waals surface area (Å²) in [6.45, 7) is 3.19. The summed E-state index contributed by atoms with van der Waals surface area (Å²) in [5, 5.41) is 3.18. The van der Waals surface area contributed by atoms with Crippen LogP contribution in [0.3, 0.4) is 0 Å². The topological polar surface area (TPSA) is 79.8 Å². The summed E-state index contributed by atoms with van der Waals surface area (Å²) in [6.07, 6.45) is 2.62. The van der Waals surface area contributed by atoms with Crippen molar-refractivity contribution in [3.8, 4) is 11.5 Å². The average molecular weight is 327 g/mol. The van der Waals surface area contributed by atoms with Gasteiger partial charge in [0.25, 0.3) is 0 Å². The van der Waals surface area contributed by atoms with Crippen molar-refractivity contribution in [2.24, 2.45) is 0 Å². The van der Waals surface area contributed by atoms with Crippen LogP contribution >= 0.6 is 0 Å². The van der Waals surface area contributed by atoms with E-state index in [1.54, 1.807) is 11.1 Å². The zero-order chi connectivity index (χ0) is 16.4. The van der Waals surface area contributed by atoms with E-state index < -0.39 is 0 Å². The van der Waals surface area contributed by atoms with Gasteiger partial charge in [0.05, 0.1) is 0 Å². The zero-order valence-corrected chi connectivity index (χ0v) is 13.0. The molecule has 0 atom stereocenters. The van der Waals surface area contributed by atoms with E-state index >= 15 is 0 Å². The first kappa shape index (κ1) is 14.6. The lowest BCUT2D eigenvalue weighted by Crippen LogP contribution is -2.46. The molecule has 1 aromatic heterocycles. The SMILES string of the molecule is O=CN1CCN(c2ccnc(Nc3ccc4c(c3)OCO4)n2)CC1. The van der Waals surface area contributed by atoms with Gasteiger partial charge in [-0.3, -0.25) is 4.79 Å². The smallest absolute Gasteiger partial charge is 0.231 e. The van der Waals surface area contributed by atoms with Crippen molar-refractivity contribution in [2.45, 2.75) is 0 Å². The Bertz CT molecular complexity index is 746. The highest BCUT2D eigenvalue weighted by Crippen LogP contribution is 2.34. The first-order chi connectivity index (χ1) is 11.8. The van der Waals surface area contributed by atoms with Crippen molar-refractivity contribution >= 4 is 23.9 Å². The molecule has 0 aliphatic carbocycles. The monoisotopic (exact) mass is 327 g/mol. The van der Waals surface area contributed by atoms with Gasteiger partial charge in [-0.25, -0.2) is 4.98 Å². The number of aromatic nitrogens is 2. The maximum atomic E-state index is 10.8. The summed E-state index contributed by atoms with van der Waals surface area (Å²) in [7, 11) is 0. The molecule has 0 spiro atoms. The molecule has 2 aliphatic heterocycles. The van der Waals surface area contributed by atoms with Crippen molar-refractivity contribution < 1.29 is 14.3 Å². The van der Waals surface area contributed by atoms with Crippen LogP contribution in [0.15, 0.2) is 30.5 Å². The highest BCUT2D eigenvalue weighted by atomic mass is 16.7. The standard InChI is InChI=1S/C16H17N5O3/c22-10-20-5-7-21(8-6-20)15-3-4-17-16(19-15)18-12-1-2-13-14(9-12)24-11-23-13/h1-4,9-10H,5-8,11H2,(H,17,18,19). The van der Waals surface area contributed by atoms with E-state index in [4.69, 9.17) is 9.47 Å². The molecule has 4 rings (SSSR count). The summed E-state index contributed by atoms with van der Waals surface area (Å²) in [6, 6.07) is 7.49. The van der Waals surface area contributed by atoms with Crippen LogP contribution in [0.25, 0.3) is 0 Å². The Morgan fingerprint density at radius 2 is 1.92 bits per heavy atom. The molecule has 0 unspecified atom stereocenters. The number of nitrogens with one attached hydrogen (secondary N) is 1. The molecule has 0 radical (unpaired) electrons. The third kappa shape index (κ3) is 2.90. The van der Waals surface area contributed by atoms with E-state index in [1.807, 2.05) is 24.3 Å². The number of hydrogen-bond acceptors (Lipinski definition) is 7. The molecule has 1 fully saturated rings. The number of rotatable bonds is 4. The minimum Gasteiger partial charge on any atom is -0.454 e. The molecule has 1 saturated heterocycles. The van der Waals surface area contributed by atoms with E-state index in [1.165, 1.54) is 0 Å². The predicted molar refractivity (Wildman–Crippen MR) is 87.7 cm³/mol. The van der Waals surface area contributed by atoms with Crippen LogP contribution in [-0.4, -0.2) is 54.2 Å². The van der Waals surface area contributed by atoms with Crippen LogP contribution < -0.4 is 19.7 Å². The first-order valence-corrected chi connectivity index (χ1v) is 7.76. The maximum absolute atomic E-state index is 10.8. The summed E-state index contributed by atoms with van der Waals surface area (Å²) in [4.78, 5) is 23.5. The second-order valence-corrected chi connectivity index (χ2v) is 5.56. The fraction of sp³-hybridized carbons (Fsp3) is 0.312. The largest absolute Gasteiger partial charge is 0.454 e. The fourth-order valence-corrected chi connectivity index (χ4v) is 2.75. The first-order valence-electron chi connectivity index (χ1n) is 7.76. The second-order valence-electron chi connectivity index (χ2n) is 5.56. The molecule has 1 N–H and O–H groups in total. The number of amides is 1. The number of piperazine rings is 1. The minimum atomic E-state index is 0.248. The number of carbonyl (C=O) groups excluding carboxylic acids is 1. The molecule has 1 amide bonds. The van der Waals surface area contributed by atoms with Crippen molar-refractivity contribution in [3.05, 3.63) is 30.5 Å². The molecule has 8 nitrogen and oxygen atoms in total. The molecule has 2 aliphatic rings. The number of ether oxygens (including phenoxy) is 2. The Kier molecular flexibility index (Phi) is 3.78. The van der Waals surface area contributed by atoms with Gasteiger partial charge < -0.3 is 24.6 Å². The van der Waals surface area contributed by atoms with Gasteiger partial charge >= 0.3 is 0 Å². The summed E-state index contributed by atoms with van der Waals surface area (Å²) < 4.78 is 10.7. The van der Waals surface area contributed by atoms with Gasteiger partial charge in [0.2, 0.25) is 19.2 Å².